The summed E-state index contributed by atoms with van der Waals surface area (Å²) in [6.45, 7) is 2.30. The van der Waals surface area contributed by atoms with Crippen LogP contribution in [0.3, 0.4) is 0 Å². The van der Waals surface area contributed by atoms with Gasteiger partial charge in [0.1, 0.15) is 0 Å². The Kier molecular flexibility index (Phi) is 8.03. The minimum Gasteiger partial charge on any atom is -0.380 e. The second kappa shape index (κ2) is 7.05. The number of hydrogen-bond donors (Lipinski definition) is 0. The normalized spacial score (nSPS) is 25.8. The van der Waals surface area contributed by atoms with Gasteiger partial charge in [0.25, 0.3) is 0 Å². The monoisotopic (exact) mass is 369 g/mol. The highest BCUT2D eigenvalue weighted by atomic mass is 128. The average Bonchev–Trinajstić information content (AvgIpc) is 2.40. The minimum atomic E-state index is 0.500. The summed E-state index contributed by atoms with van der Waals surface area (Å²) in [6.07, 6.45) is 1.70. The number of rotatable bonds is 1. The van der Waals surface area contributed by atoms with Crippen molar-refractivity contribution in [3.8, 4) is 0 Å². The van der Waals surface area contributed by atoms with Crippen LogP contribution in [0.25, 0.3) is 0 Å². The van der Waals surface area contributed by atoms with Crippen LogP contribution in [-0.4, -0.2) is 38.3 Å². The smallest absolute Gasteiger partial charge is 0.0710 e. The van der Waals surface area contributed by atoms with E-state index in [1.807, 2.05) is 0 Å². The summed E-state index contributed by atoms with van der Waals surface area (Å²) < 4.78 is 5.14. The molecular weight excluding hydrogens is 356 g/mol. The van der Waals surface area contributed by atoms with E-state index in [2.05, 4.69) is 49.2 Å². The Morgan fingerprint density at radius 1 is 1.50 bits per heavy atom. The van der Waals surface area contributed by atoms with Crippen LogP contribution in [0.2, 0.25) is 0 Å². The molecule has 4 heteroatoms. The van der Waals surface area contributed by atoms with E-state index < -0.39 is 0 Å². The maximum absolute atomic E-state index is 5.14. The second-order valence-corrected chi connectivity index (χ2v) is 2.41. The van der Waals surface area contributed by atoms with Gasteiger partial charge in [-0.3, -0.25) is 0 Å². The first-order valence-corrected chi connectivity index (χ1v) is 9.47. The van der Waals surface area contributed by atoms with Gasteiger partial charge in [-0.05, 0) is 13.5 Å². The van der Waals surface area contributed by atoms with Crippen LogP contribution in [-0.2, 0) is 4.74 Å². The van der Waals surface area contributed by atoms with Crippen molar-refractivity contribution in [3.63, 3.8) is 0 Å². The molecule has 0 amide bonds. The van der Waals surface area contributed by atoms with E-state index in [1.54, 1.807) is 7.11 Å². The molecule has 1 saturated heterocycles. The van der Waals surface area contributed by atoms with Crippen LogP contribution in [0.5, 0.6) is 0 Å². The first-order chi connectivity index (χ1) is 4.83. The van der Waals surface area contributed by atoms with Gasteiger partial charge in [-0.2, -0.15) is 0 Å². The van der Waals surface area contributed by atoms with Crippen molar-refractivity contribution in [1.29, 1.82) is 0 Å². The topological polar surface area (TPSA) is 12.5 Å². The maximum Gasteiger partial charge on any atom is 0.0710 e. The Morgan fingerprint density at radius 2 is 2.10 bits per heavy atom. The molecule has 0 radical (unpaired) electrons. The fourth-order valence-corrected chi connectivity index (χ4v) is 1.09. The van der Waals surface area contributed by atoms with Gasteiger partial charge in [0.15, 0.2) is 0 Å². The van der Waals surface area contributed by atoms with Crippen LogP contribution < -0.4 is 0 Å². The zero-order valence-electron chi connectivity index (χ0n) is 6.31. The van der Waals surface area contributed by atoms with E-state index >= 15 is 0 Å². The molecule has 1 unspecified atom stereocenters. The molecule has 0 bridgehead atoms. The summed E-state index contributed by atoms with van der Waals surface area (Å²) >= 11 is 4.24. The molecule has 0 N–H and O–H groups in total. The van der Waals surface area contributed by atoms with Crippen molar-refractivity contribution in [2.75, 3.05) is 27.2 Å². The van der Waals surface area contributed by atoms with Crippen LogP contribution in [0.15, 0.2) is 0 Å². The third-order valence-corrected chi connectivity index (χ3v) is 1.68. The molecular formula is C6H13I2NO. The van der Waals surface area contributed by atoms with Gasteiger partial charge in [-0.1, -0.05) is 0 Å². The first-order valence-electron chi connectivity index (χ1n) is 3.18. The van der Waals surface area contributed by atoms with E-state index in [1.165, 1.54) is 13.0 Å². The van der Waals surface area contributed by atoms with Gasteiger partial charge in [0.05, 0.1) is 6.10 Å². The molecule has 2 nitrogen and oxygen atoms in total. The third-order valence-electron chi connectivity index (χ3n) is 1.68. The Morgan fingerprint density at radius 3 is 2.30 bits per heavy atom. The molecule has 1 aliphatic heterocycles. The fraction of sp³-hybridized carbons (Fsp3) is 1.00. The van der Waals surface area contributed by atoms with Crippen molar-refractivity contribution in [1.82, 2.24) is 4.90 Å². The van der Waals surface area contributed by atoms with Crippen LogP contribution in [0.4, 0.5) is 0 Å². The standard InChI is InChI=1S/C6H13NO.I2/c1-7-4-3-6(5-7)8-2;1-2/h6H,3-5H2,1-2H3;. The van der Waals surface area contributed by atoms with Crippen molar-refractivity contribution in [3.05, 3.63) is 0 Å². The van der Waals surface area contributed by atoms with E-state index in [0.717, 1.165) is 6.54 Å². The van der Waals surface area contributed by atoms with E-state index in [-0.39, 0.29) is 0 Å². The molecule has 1 fully saturated rings. The molecule has 1 rings (SSSR count). The predicted molar refractivity (Wildman–Crippen MR) is 61.0 cm³/mol. The lowest BCUT2D eigenvalue weighted by Crippen LogP contribution is -2.17. The fourth-order valence-electron chi connectivity index (χ4n) is 1.09. The van der Waals surface area contributed by atoms with Crippen LogP contribution in [0.1, 0.15) is 6.42 Å². The minimum absolute atomic E-state index is 0.500. The van der Waals surface area contributed by atoms with Crippen molar-refractivity contribution in [2.24, 2.45) is 0 Å². The number of nitrogens with zero attached hydrogens (tertiary/aromatic N) is 1. The Bertz CT molecular complexity index is 82.1. The SMILES string of the molecule is COC1CCN(C)C1.II. The zero-order valence-corrected chi connectivity index (χ0v) is 10.6. The van der Waals surface area contributed by atoms with Gasteiger partial charge in [0.2, 0.25) is 0 Å². The summed E-state index contributed by atoms with van der Waals surface area (Å²) in [5.74, 6) is 0. The summed E-state index contributed by atoms with van der Waals surface area (Å²) in [5.41, 5.74) is 0. The molecule has 0 saturated carbocycles. The number of likely N-dealkylation sites (tertiary alicyclic amines) is 1. The highest BCUT2D eigenvalue weighted by Crippen LogP contribution is 2.07. The largest absolute Gasteiger partial charge is 0.380 e. The zero-order chi connectivity index (χ0) is 7.98. The Balaban J connectivity index is 0.000000371. The van der Waals surface area contributed by atoms with Crippen LogP contribution >= 0.6 is 37.2 Å². The maximum atomic E-state index is 5.14. The molecule has 0 aliphatic carbocycles. The third kappa shape index (κ3) is 4.30. The lowest BCUT2D eigenvalue weighted by molar-refractivity contribution is 0.111. The second-order valence-electron chi connectivity index (χ2n) is 2.41. The number of likely N-dealkylation sites (N-methyl/N-ethyl adjacent to an activating group) is 1. The van der Waals surface area contributed by atoms with Gasteiger partial charge in [0, 0.05) is 57.4 Å². The molecule has 62 valence electrons. The highest BCUT2D eigenvalue weighted by molar-refractivity contribution is 15.0. The average molecular weight is 369 g/mol. The van der Waals surface area contributed by atoms with Gasteiger partial charge < -0.3 is 9.64 Å². The summed E-state index contributed by atoms with van der Waals surface area (Å²) in [4.78, 5) is 2.29. The molecule has 1 heterocycles. The number of hydrogen-bond acceptors (Lipinski definition) is 2. The van der Waals surface area contributed by atoms with Gasteiger partial charge in [-0.25, -0.2) is 0 Å². The molecule has 1 atom stereocenters. The van der Waals surface area contributed by atoms with Crippen molar-refractivity contribution < 1.29 is 4.74 Å². The predicted octanol–water partition coefficient (Wildman–Crippen LogP) is 2.11. The Labute approximate surface area is 86.0 Å². The summed E-state index contributed by atoms with van der Waals surface area (Å²) in [6, 6.07) is 0. The van der Waals surface area contributed by atoms with Crippen molar-refractivity contribution >= 4 is 37.2 Å². The number of halogens is 2. The molecule has 1 aliphatic rings. The van der Waals surface area contributed by atoms with Crippen molar-refractivity contribution in [2.45, 2.75) is 12.5 Å². The molecule has 0 aromatic carbocycles. The molecule has 0 aromatic heterocycles. The number of ether oxygens (including phenoxy) is 1. The van der Waals surface area contributed by atoms with E-state index in [4.69, 9.17) is 4.74 Å². The van der Waals surface area contributed by atoms with Crippen LogP contribution in [0, 0.1) is 0 Å². The van der Waals surface area contributed by atoms with E-state index in [9.17, 15) is 0 Å². The summed E-state index contributed by atoms with van der Waals surface area (Å²) in [7, 11) is 3.91. The number of methoxy groups -OCH3 is 1. The molecule has 10 heavy (non-hydrogen) atoms. The summed E-state index contributed by atoms with van der Waals surface area (Å²) in [5, 5.41) is 0. The van der Waals surface area contributed by atoms with Gasteiger partial charge >= 0.3 is 0 Å². The lowest BCUT2D eigenvalue weighted by Gasteiger charge is -2.06. The highest BCUT2D eigenvalue weighted by Gasteiger charge is 2.17. The molecule has 0 spiro atoms. The van der Waals surface area contributed by atoms with E-state index in [0.29, 0.717) is 6.10 Å². The quantitative estimate of drug-likeness (QED) is 0.657. The lowest BCUT2D eigenvalue weighted by atomic mass is 10.3. The van der Waals surface area contributed by atoms with Gasteiger partial charge in [-0.15, -0.1) is 0 Å². The first kappa shape index (κ1) is 11.4. The Hall–Kier alpha value is 1.38. The molecule has 0 aromatic rings.